The Morgan fingerprint density at radius 1 is 1.32 bits per heavy atom. The molecule has 0 radical (unpaired) electrons. The van der Waals surface area contributed by atoms with E-state index in [0.29, 0.717) is 22.5 Å². The van der Waals surface area contributed by atoms with Gasteiger partial charge < -0.3 is 10.1 Å². The van der Waals surface area contributed by atoms with Crippen LogP contribution in [0.1, 0.15) is 46.1 Å². The van der Waals surface area contributed by atoms with Gasteiger partial charge in [-0.2, -0.15) is 0 Å². The number of carbonyl (C=O) groups is 1. The first-order chi connectivity index (χ1) is 14.5. The first kappa shape index (κ1) is 24.3. The Labute approximate surface area is 182 Å². The van der Waals surface area contributed by atoms with E-state index >= 15 is 0 Å². The smallest absolute Gasteiger partial charge is 0.337 e. The van der Waals surface area contributed by atoms with Gasteiger partial charge in [0.25, 0.3) is 5.69 Å². The Morgan fingerprint density at radius 2 is 2.00 bits per heavy atom. The zero-order valence-electron chi connectivity index (χ0n) is 18.1. The van der Waals surface area contributed by atoms with E-state index < -0.39 is 26.8 Å². The SMILES string of the molecule is CCNS(=O)(=O)C=CC1=C(C)NC(C)=C(C(=O)OC(C)C)C1c1cccc([N+](=O)[O-])c1. The van der Waals surface area contributed by atoms with Crippen LogP contribution in [0.2, 0.25) is 0 Å². The standard InChI is InChI=1S/C21H27N3O6S/c1-6-22-31(28,29)11-10-18-14(4)23-15(5)19(21(25)30-13(2)3)20(18)16-8-7-9-17(12-16)24(26)27/h7-13,20,22-23H,6H2,1-5H3. The molecule has 2 rings (SSSR count). The lowest BCUT2D eigenvalue weighted by Crippen LogP contribution is -2.30. The molecule has 0 spiro atoms. The van der Waals surface area contributed by atoms with E-state index in [1.54, 1.807) is 40.7 Å². The molecule has 0 aliphatic carbocycles. The number of non-ortho nitro benzene ring substituents is 1. The van der Waals surface area contributed by atoms with Gasteiger partial charge in [-0.05, 0) is 44.9 Å². The van der Waals surface area contributed by atoms with Gasteiger partial charge in [-0.3, -0.25) is 10.1 Å². The zero-order valence-corrected chi connectivity index (χ0v) is 18.9. The van der Waals surface area contributed by atoms with Crippen LogP contribution < -0.4 is 10.0 Å². The van der Waals surface area contributed by atoms with Crippen molar-refractivity contribution in [3.8, 4) is 0 Å². The number of nitrogens with one attached hydrogen (secondary N) is 2. The summed E-state index contributed by atoms with van der Waals surface area (Å²) < 4.78 is 32.1. The van der Waals surface area contributed by atoms with Crippen molar-refractivity contribution in [2.45, 2.75) is 46.6 Å². The van der Waals surface area contributed by atoms with Crippen molar-refractivity contribution in [1.82, 2.24) is 10.0 Å². The monoisotopic (exact) mass is 449 g/mol. The number of hydrogen-bond acceptors (Lipinski definition) is 7. The Balaban J connectivity index is 2.68. The Kier molecular flexibility index (Phi) is 7.75. The summed E-state index contributed by atoms with van der Waals surface area (Å²) in [4.78, 5) is 23.7. The molecule has 0 amide bonds. The summed E-state index contributed by atoms with van der Waals surface area (Å²) in [5.41, 5.74) is 2.25. The molecule has 9 nitrogen and oxygen atoms in total. The van der Waals surface area contributed by atoms with Crippen molar-refractivity contribution in [2.24, 2.45) is 0 Å². The molecule has 0 saturated heterocycles. The van der Waals surface area contributed by atoms with Gasteiger partial charge in [0.1, 0.15) is 0 Å². The highest BCUT2D eigenvalue weighted by Crippen LogP contribution is 2.40. The van der Waals surface area contributed by atoms with Gasteiger partial charge in [0, 0.05) is 41.4 Å². The van der Waals surface area contributed by atoms with Crippen LogP contribution in [0.3, 0.4) is 0 Å². The fraction of sp³-hybridized carbons (Fsp3) is 0.381. The molecule has 10 heteroatoms. The Hall–Kier alpha value is -2.98. The number of ether oxygens (including phenoxy) is 1. The quantitative estimate of drug-likeness (QED) is 0.354. The average molecular weight is 450 g/mol. The number of benzene rings is 1. The van der Waals surface area contributed by atoms with E-state index in [2.05, 4.69) is 10.0 Å². The molecule has 1 aliphatic heterocycles. The maximum atomic E-state index is 12.9. The first-order valence-electron chi connectivity index (χ1n) is 9.78. The minimum atomic E-state index is -3.68. The highest BCUT2D eigenvalue weighted by Gasteiger charge is 2.34. The van der Waals surface area contributed by atoms with Gasteiger partial charge in [0.15, 0.2) is 0 Å². The molecular weight excluding hydrogens is 422 g/mol. The number of nitro groups is 1. The van der Waals surface area contributed by atoms with E-state index in [9.17, 15) is 23.3 Å². The lowest BCUT2D eigenvalue weighted by atomic mass is 9.80. The van der Waals surface area contributed by atoms with Crippen LogP contribution in [0.5, 0.6) is 0 Å². The number of sulfonamides is 1. The number of dihydropyridines is 1. The molecule has 1 aromatic rings. The molecule has 0 fully saturated rings. The molecule has 0 aromatic heterocycles. The molecule has 0 saturated carbocycles. The van der Waals surface area contributed by atoms with E-state index in [-0.39, 0.29) is 23.9 Å². The minimum Gasteiger partial charge on any atom is -0.460 e. The van der Waals surface area contributed by atoms with Gasteiger partial charge in [-0.15, -0.1) is 0 Å². The molecule has 1 atom stereocenters. The summed E-state index contributed by atoms with van der Waals surface area (Å²) in [6, 6.07) is 5.93. The molecule has 1 heterocycles. The highest BCUT2D eigenvalue weighted by molar-refractivity contribution is 7.92. The van der Waals surface area contributed by atoms with Crippen molar-refractivity contribution < 1.29 is 22.9 Å². The fourth-order valence-electron chi connectivity index (χ4n) is 3.36. The first-order valence-corrected chi connectivity index (χ1v) is 11.3. The third-order valence-electron chi connectivity index (χ3n) is 4.56. The van der Waals surface area contributed by atoms with Gasteiger partial charge in [0.2, 0.25) is 10.0 Å². The van der Waals surface area contributed by atoms with Crippen molar-refractivity contribution in [3.63, 3.8) is 0 Å². The van der Waals surface area contributed by atoms with Crippen LogP contribution in [0.4, 0.5) is 5.69 Å². The van der Waals surface area contributed by atoms with Crippen molar-refractivity contribution >= 4 is 21.7 Å². The molecule has 2 N–H and O–H groups in total. The Morgan fingerprint density at radius 3 is 2.58 bits per heavy atom. The number of allylic oxidation sites excluding steroid dienone is 4. The van der Waals surface area contributed by atoms with E-state index in [4.69, 9.17) is 4.74 Å². The molecule has 31 heavy (non-hydrogen) atoms. The summed E-state index contributed by atoms with van der Waals surface area (Å²) in [7, 11) is -3.68. The number of esters is 1. The maximum Gasteiger partial charge on any atom is 0.337 e. The molecule has 168 valence electrons. The van der Waals surface area contributed by atoms with Crippen LogP contribution in [0.15, 0.2) is 58.3 Å². The van der Waals surface area contributed by atoms with E-state index in [0.717, 1.165) is 5.41 Å². The van der Waals surface area contributed by atoms with Gasteiger partial charge in [-0.1, -0.05) is 19.1 Å². The number of carbonyl (C=O) groups excluding carboxylic acids is 1. The van der Waals surface area contributed by atoms with E-state index in [1.807, 2.05) is 0 Å². The lowest BCUT2D eigenvalue weighted by Gasteiger charge is -2.30. The molecule has 1 aliphatic rings. The molecule has 0 bridgehead atoms. The van der Waals surface area contributed by atoms with Gasteiger partial charge >= 0.3 is 5.97 Å². The van der Waals surface area contributed by atoms with Crippen LogP contribution in [-0.4, -0.2) is 32.0 Å². The summed E-state index contributed by atoms with van der Waals surface area (Å²) in [5.74, 6) is -1.33. The zero-order chi connectivity index (χ0) is 23.3. The topological polar surface area (TPSA) is 128 Å². The fourth-order valence-corrected chi connectivity index (χ4v) is 4.18. The van der Waals surface area contributed by atoms with Crippen molar-refractivity contribution in [3.05, 3.63) is 74.0 Å². The molecule has 1 unspecified atom stereocenters. The predicted molar refractivity (Wildman–Crippen MR) is 117 cm³/mol. The third-order valence-corrected chi connectivity index (χ3v) is 5.75. The summed E-state index contributed by atoms with van der Waals surface area (Å²) in [6.45, 7) is 8.78. The highest BCUT2D eigenvalue weighted by atomic mass is 32.2. The average Bonchev–Trinajstić information content (AvgIpc) is 2.66. The minimum absolute atomic E-state index is 0.133. The van der Waals surface area contributed by atoms with Crippen molar-refractivity contribution in [2.75, 3.05) is 6.54 Å². The normalized spacial score (nSPS) is 17.3. The number of nitro benzene ring substituents is 1. The number of hydrogen-bond donors (Lipinski definition) is 2. The van der Waals surface area contributed by atoms with Crippen LogP contribution >= 0.6 is 0 Å². The number of nitrogens with zero attached hydrogens (tertiary/aromatic N) is 1. The Bertz CT molecular complexity index is 1070. The summed E-state index contributed by atoms with van der Waals surface area (Å²) >= 11 is 0. The molecule has 1 aromatic carbocycles. The maximum absolute atomic E-state index is 12.9. The third kappa shape index (κ3) is 6.02. The van der Waals surface area contributed by atoms with Crippen LogP contribution in [-0.2, 0) is 19.6 Å². The molecular formula is C21H27N3O6S. The largest absolute Gasteiger partial charge is 0.460 e. The van der Waals surface area contributed by atoms with Crippen LogP contribution in [0.25, 0.3) is 0 Å². The van der Waals surface area contributed by atoms with Gasteiger partial charge in [0.05, 0.1) is 16.6 Å². The lowest BCUT2D eigenvalue weighted by molar-refractivity contribution is -0.384. The van der Waals surface area contributed by atoms with Crippen LogP contribution in [0, 0.1) is 10.1 Å². The van der Waals surface area contributed by atoms with E-state index in [1.165, 1.54) is 24.3 Å². The summed E-state index contributed by atoms with van der Waals surface area (Å²) in [5, 5.41) is 15.4. The van der Waals surface area contributed by atoms with Gasteiger partial charge in [-0.25, -0.2) is 17.9 Å². The second kappa shape index (κ2) is 9.88. The van der Waals surface area contributed by atoms with Crippen molar-refractivity contribution in [1.29, 1.82) is 0 Å². The second-order valence-corrected chi connectivity index (χ2v) is 8.98. The predicted octanol–water partition coefficient (Wildman–Crippen LogP) is 3.23. The number of rotatable bonds is 8. The summed E-state index contributed by atoms with van der Waals surface area (Å²) in [6.07, 6.45) is 1.03. The second-order valence-electron chi connectivity index (χ2n) is 7.33.